The molecule has 2 aromatic rings. The number of phenolic OH excluding ortho intramolecular Hbond substituents is 1. The van der Waals surface area contributed by atoms with Gasteiger partial charge in [0.2, 0.25) is 0 Å². The highest BCUT2D eigenvalue weighted by Crippen LogP contribution is 2.39. The summed E-state index contributed by atoms with van der Waals surface area (Å²) in [6, 6.07) is 6.26. The molecular formula is C21H22N2O5S. The van der Waals surface area contributed by atoms with Crippen molar-refractivity contribution in [2.75, 3.05) is 11.9 Å². The predicted molar refractivity (Wildman–Crippen MR) is 111 cm³/mol. The fraction of sp³-hybridized carbons (Fsp3) is 0.286. The number of carbonyl (C=O) groups is 3. The molecule has 1 aliphatic carbocycles. The highest BCUT2D eigenvalue weighted by atomic mass is 32.1. The molecule has 7 nitrogen and oxygen atoms in total. The molecule has 0 aliphatic heterocycles. The second-order valence-corrected chi connectivity index (χ2v) is 8.11. The van der Waals surface area contributed by atoms with Crippen molar-refractivity contribution in [3.63, 3.8) is 0 Å². The number of amides is 2. The van der Waals surface area contributed by atoms with Crippen molar-refractivity contribution in [2.45, 2.75) is 26.2 Å². The Morgan fingerprint density at radius 3 is 2.72 bits per heavy atom. The average molecular weight is 414 g/mol. The van der Waals surface area contributed by atoms with Crippen LogP contribution in [0.2, 0.25) is 0 Å². The summed E-state index contributed by atoms with van der Waals surface area (Å²) < 4.78 is 4.94. The minimum absolute atomic E-state index is 0.126. The van der Waals surface area contributed by atoms with E-state index in [0.717, 1.165) is 29.7 Å². The molecule has 1 heterocycles. The molecule has 0 saturated heterocycles. The summed E-state index contributed by atoms with van der Waals surface area (Å²) in [7, 11) is 0. The Bertz CT molecular complexity index is 962. The van der Waals surface area contributed by atoms with Crippen LogP contribution in [0.25, 0.3) is 6.08 Å². The van der Waals surface area contributed by atoms with Gasteiger partial charge < -0.3 is 20.9 Å². The maximum Gasteiger partial charge on any atom is 0.331 e. The van der Waals surface area contributed by atoms with Crippen molar-refractivity contribution in [1.82, 2.24) is 0 Å². The first-order valence-corrected chi connectivity index (χ1v) is 10.0. The average Bonchev–Trinajstić information content (AvgIpc) is 3.02. The first-order chi connectivity index (χ1) is 13.8. The quantitative estimate of drug-likeness (QED) is 0.496. The van der Waals surface area contributed by atoms with Crippen LogP contribution >= 0.6 is 11.3 Å². The van der Waals surface area contributed by atoms with Crippen LogP contribution in [0.5, 0.6) is 5.75 Å². The fourth-order valence-corrected chi connectivity index (χ4v) is 4.63. The number of thiophene rings is 1. The van der Waals surface area contributed by atoms with Gasteiger partial charge in [-0.3, -0.25) is 9.59 Å². The lowest BCUT2D eigenvalue weighted by Gasteiger charge is -2.18. The third-order valence-electron chi connectivity index (χ3n) is 4.66. The number of phenols is 1. The Hall–Kier alpha value is -3.13. The van der Waals surface area contributed by atoms with Gasteiger partial charge in [-0.25, -0.2) is 4.79 Å². The van der Waals surface area contributed by atoms with Crippen LogP contribution in [0, 0.1) is 5.92 Å². The summed E-state index contributed by atoms with van der Waals surface area (Å²) in [5, 5.41) is 12.3. The summed E-state index contributed by atoms with van der Waals surface area (Å²) in [6.45, 7) is 1.67. The highest BCUT2D eigenvalue weighted by Gasteiger charge is 2.27. The number of ether oxygens (including phenoxy) is 1. The molecular weight excluding hydrogens is 392 g/mol. The lowest BCUT2D eigenvalue weighted by molar-refractivity contribution is -0.142. The second-order valence-electron chi connectivity index (χ2n) is 7.00. The zero-order valence-electron chi connectivity index (χ0n) is 15.9. The summed E-state index contributed by atoms with van der Waals surface area (Å²) in [6.07, 6.45) is 5.30. The minimum Gasteiger partial charge on any atom is -0.508 e. The Morgan fingerprint density at radius 2 is 2.03 bits per heavy atom. The van der Waals surface area contributed by atoms with Gasteiger partial charge in [-0.1, -0.05) is 19.1 Å². The van der Waals surface area contributed by atoms with Crippen LogP contribution in [0.3, 0.4) is 0 Å². The Kier molecular flexibility index (Phi) is 6.33. The Morgan fingerprint density at radius 1 is 1.31 bits per heavy atom. The van der Waals surface area contributed by atoms with Gasteiger partial charge in [0.05, 0.1) is 5.56 Å². The molecule has 0 fully saturated rings. The molecule has 152 valence electrons. The van der Waals surface area contributed by atoms with Gasteiger partial charge in [-0.2, -0.15) is 0 Å². The molecule has 0 unspecified atom stereocenters. The third kappa shape index (κ3) is 5.23. The summed E-state index contributed by atoms with van der Waals surface area (Å²) in [5.41, 5.74) is 7.51. The second kappa shape index (κ2) is 8.91. The van der Waals surface area contributed by atoms with E-state index in [1.807, 2.05) is 0 Å². The van der Waals surface area contributed by atoms with Crippen molar-refractivity contribution in [2.24, 2.45) is 11.7 Å². The standard InChI is InChI=1S/C21H22N2O5S/c1-12-2-8-15-16(10-12)29-21(19(15)20(22)27)23-17(25)11-28-18(26)9-5-13-3-6-14(24)7-4-13/h3-7,9,12,24H,2,8,10-11H2,1H3,(H2,22,27)(H,23,25)/b9-5+/t12-/m0/s1. The van der Waals surface area contributed by atoms with E-state index in [0.29, 0.717) is 22.0 Å². The first kappa shape index (κ1) is 20.6. The minimum atomic E-state index is -0.678. The number of nitrogens with one attached hydrogen (secondary N) is 1. The summed E-state index contributed by atoms with van der Waals surface area (Å²) in [4.78, 5) is 37.0. The number of anilines is 1. The van der Waals surface area contributed by atoms with Crippen LogP contribution in [0.4, 0.5) is 5.00 Å². The van der Waals surface area contributed by atoms with Crippen LogP contribution in [0.1, 0.15) is 39.7 Å². The highest BCUT2D eigenvalue weighted by molar-refractivity contribution is 7.17. The Balaban J connectivity index is 1.59. The van der Waals surface area contributed by atoms with Crippen LogP contribution < -0.4 is 11.1 Å². The predicted octanol–water partition coefficient (Wildman–Crippen LogP) is 2.87. The number of benzene rings is 1. The topological polar surface area (TPSA) is 119 Å². The van der Waals surface area contributed by atoms with Gasteiger partial charge in [0, 0.05) is 11.0 Å². The maximum absolute atomic E-state index is 12.2. The Labute approximate surface area is 172 Å². The van der Waals surface area contributed by atoms with Gasteiger partial charge >= 0.3 is 5.97 Å². The van der Waals surface area contributed by atoms with Gasteiger partial charge in [0.1, 0.15) is 10.8 Å². The van der Waals surface area contributed by atoms with E-state index in [4.69, 9.17) is 10.5 Å². The van der Waals surface area contributed by atoms with Crippen LogP contribution in [-0.2, 0) is 27.2 Å². The number of nitrogens with two attached hydrogens (primary N) is 1. The lowest BCUT2D eigenvalue weighted by atomic mass is 9.88. The molecule has 4 N–H and O–H groups in total. The zero-order chi connectivity index (χ0) is 21.0. The van der Waals surface area contributed by atoms with E-state index < -0.39 is 24.4 Å². The smallest absolute Gasteiger partial charge is 0.331 e. The van der Waals surface area contributed by atoms with Gasteiger partial charge in [0.25, 0.3) is 11.8 Å². The van der Waals surface area contributed by atoms with Gasteiger partial charge in [0.15, 0.2) is 6.61 Å². The van der Waals surface area contributed by atoms with Gasteiger partial charge in [-0.05, 0) is 54.5 Å². The molecule has 3 rings (SSSR count). The van der Waals surface area contributed by atoms with Crippen molar-refractivity contribution in [1.29, 1.82) is 0 Å². The number of hydrogen-bond donors (Lipinski definition) is 3. The fourth-order valence-electron chi connectivity index (χ4n) is 3.20. The van der Waals surface area contributed by atoms with Gasteiger partial charge in [-0.15, -0.1) is 11.3 Å². The summed E-state index contributed by atoms with van der Waals surface area (Å²) in [5.74, 6) is -1.14. The van der Waals surface area contributed by atoms with E-state index in [-0.39, 0.29) is 5.75 Å². The molecule has 1 aliphatic rings. The third-order valence-corrected chi connectivity index (χ3v) is 5.83. The van der Waals surface area contributed by atoms with Crippen LogP contribution in [-0.4, -0.2) is 29.5 Å². The number of aromatic hydroxyl groups is 1. The number of fused-ring (bicyclic) bond motifs is 1. The summed E-state index contributed by atoms with van der Waals surface area (Å²) >= 11 is 1.36. The SMILES string of the molecule is C[C@H]1CCc2c(sc(NC(=O)COC(=O)/C=C/c3ccc(O)cc3)c2C(N)=O)C1. The van der Waals surface area contributed by atoms with Crippen molar-refractivity contribution in [3.05, 3.63) is 51.9 Å². The molecule has 0 spiro atoms. The van der Waals surface area contributed by atoms with E-state index in [1.54, 1.807) is 12.1 Å². The molecule has 2 amide bonds. The van der Waals surface area contributed by atoms with E-state index in [2.05, 4.69) is 12.2 Å². The van der Waals surface area contributed by atoms with Crippen LogP contribution in [0.15, 0.2) is 30.3 Å². The number of hydrogen-bond acceptors (Lipinski definition) is 6. The monoisotopic (exact) mass is 414 g/mol. The molecule has 0 radical (unpaired) electrons. The molecule has 8 heteroatoms. The van der Waals surface area contributed by atoms with Crippen molar-refractivity contribution < 1.29 is 24.2 Å². The molecule has 1 atom stereocenters. The van der Waals surface area contributed by atoms with E-state index in [1.165, 1.54) is 35.6 Å². The number of primary amides is 1. The number of carbonyl (C=O) groups excluding carboxylic acids is 3. The molecule has 1 aromatic carbocycles. The lowest BCUT2D eigenvalue weighted by Crippen LogP contribution is -2.22. The normalized spacial score (nSPS) is 15.7. The number of rotatable bonds is 6. The first-order valence-electron chi connectivity index (χ1n) is 9.21. The number of esters is 1. The molecule has 0 bridgehead atoms. The maximum atomic E-state index is 12.2. The van der Waals surface area contributed by atoms with Crippen molar-refractivity contribution >= 4 is 40.2 Å². The zero-order valence-corrected chi connectivity index (χ0v) is 16.8. The largest absolute Gasteiger partial charge is 0.508 e. The molecule has 0 saturated carbocycles. The van der Waals surface area contributed by atoms with E-state index >= 15 is 0 Å². The molecule has 29 heavy (non-hydrogen) atoms. The molecule has 1 aromatic heterocycles. The van der Waals surface area contributed by atoms with E-state index in [9.17, 15) is 19.5 Å². The van der Waals surface area contributed by atoms with Crippen molar-refractivity contribution in [3.8, 4) is 5.75 Å².